The van der Waals surface area contributed by atoms with Crippen LogP contribution >= 0.6 is 0 Å². The molecule has 134 valence electrons. The number of carboxylic acid groups (broad SMARTS) is 1. The number of rotatable bonds is 4. The summed E-state index contributed by atoms with van der Waals surface area (Å²) in [6, 6.07) is 6.36. The zero-order valence-corrected chi connectivity index (χ0v) is 14.2. The van der Waals surface area contributed by atoms with Gasteiger partial charge in [-0.25, -0.2) is 9.59 Å². The van der Waals surface area contributed by atoms with Gasteiger partial charge >= 0.3 is 12.1 Å². The van der Waals surface area contributed by atoms with Crippen LogP contribution in [-0.2, 0) is 15.1 Å². The molecule has 1 atom stereocenters. The highest BCUT2D eigenvalue weighted by Gasteiger charge is 2.47. The molecule has 2 aliphatic rings. The van der Waals surface area contributed by atoms with E-state index in [2.05, 4.69) is 10.1 Å². The molecule has 25 heavy (non-hydrogen) atoms. The number of ether oxygens (including phenoxy) is 1. The first-order chi connectivity index (χ1) is 12.0. The SMILES string of the molecule is COC(=O)c1ccc(C2(NC(=O)C3CCCCN3C(=O)O)CC2)cc1. The average Bonchev–Trinajstić information content (AvgIpc) is 3.41. The van der Waals surface area contributed by atoms with Gasteiger partial charge in [-0.2, -0.15) is 0 Å². The topological polar surface area (TPSA) is 95.9 Å². The van der Waals surface area contributed by atoms with Crippen LogP contribution in [0.1, 0.15) is 48.0 Å². The molecule has 1 aromatic rings. The molecule has 7 heteroatoms. The van der Waals surface area contributed by atoms with Gasteiger partial charge in [-0.15, -0.1) is 0 Å². The highest BCUT2D eigenvalue weighted by Crippen LogP contribution is 2.45. The van der Waals surface area contributed by atoms with E-state index in [4.69, 9.17) is 0 Å². The van der Waals surface area contributed by atoms with E-state index in [0.29, 0.717) is 18.5 Å². The van der Waals surface area contributed by atoms with Gasteiger partial charge in [0.15, 0.2) is 0 Å². The Hall–Kier alpha value is -2.57. The number of nitrogens with zero attached hydrogens (tertiary/aromatic N) is 1. The average molecular weight is 346 g/mol. The van der Waals surface area contributed by atoms with Crippen LogP contribution in [0, 0.1) is 0 Å². The second-order valence-corrected chi connectivity index (χ2v) is 6.63. The van der Waals surface area contributed by atoms with E-state index >= 15 is 0 Å². The van der Waals surface area contributed by atoms with Crippen molar-refractivity contribution in [1.29, 1.82) is 0 Å². The Morgan fingerprint density at radius 3 is 2.44 bits per heavy atom. The summed E-state index contributed by atoms with van der Waals surface area (Å²) in [6.07, 6.45) is 2.74. The van der Waals surface area contributed by atoms with E-state index in [1.807, 2.05) is 12.1 Å². The van der Waals surface area contributed by atoms with Crippen molar-refractivity contribution in [2.24, 2.45) is 0 Å². The van der Waals surface area contributed by atoms with Gasteiger partial charge < -0.3 is 15.2 Å². The van der Waals surface area contributed by atoms with E-state index in [1.165, 1.54) is 12.0 Å². The predicted octanol–water partition coefficient (Wildman–Crippen LogP) is 2.11. The molecule has 3 rings (SSSR count). The summed E-state index contributed by atoms with van der Waals surface area (Å²) in [7, 11) is 1.33. The first-order valence-corrected chi connectivity index (χ1v) is 8.47. The monoisotopic (exact) mass is 346 g/mol. The van der Waals surface area contributed by atoms with Crippen LogP contribution in [0.25, 0.3) is 0 Å². The lowest BCUT2D eigenvalue weighted by atomic mass is 9.99. The molecule has 1 saturated carbocycles. The highest BCUT2D eigenvalue weighted by molar-refractivity contribution is 5.89. The fourth-order valence-corrected chi connectivity index (χ4v) is 3.41. The van der Waals surface area contributed by atoms with Crippen molar-refractivity contribution in [3.63, 3.8) is 0 Å². The lowest BCUT2D eigenvalue weighted by molar-refractivity contribution is -0.128. The summed E-state index contributed by atoms with van der Waals surface area (Å²) in [6.45, 7) is 0.397. The maximum absolute atomic E-state index is 12.7. The largest absolute Gasteiger partial charge is 0.465 e. The Balaban J connectivity index is 1.72. The molecule has 7 nitrogen and oxygen atoms in total. The van der Waals surface area contributed by atoms with Crippen molar-refractivity contribution in [3.8, 4) is 0 Å². The third-order valence-corrected chi connectivity index (χ3v) is 5.02. The lowest BCUT2D eigenvalue weighted by Crippen LogP contribution is -2.53. The smallest absolute Gasteiger partial charge is 0.407 e. The maximum Gasteiger partial charge on any atom is 0.407 e. The summed E-state index contributed by atoms with van der Waals surface area (Å²) in [5.41, 5.74) is 0.928. The number of likely N-dealkylation sites (tertiary alicyclic amines) is 1. The third-order valence-electron chi connectivity index (χ3n) is 5.02. The molecule has 1 aliphatic heterocycles. The molecular formula is C18H22N2O5. The molecule has 0 spiro atoms. The summed E-state index contributed by atoms with van der Waals surface area (Å²) in [5.74, 6) is -0.642. The zero-order valence-electron chi connectivity index (χ0n) is 14.2. The standard InChI is InChI=1S/C18H22N2O5/c1-25-16(22)12-5-7-13(8-6-12)18(9-10-18)19-15(21)14-4-2-3-11-20(14)17(23)24/h5-8,14H,2-4,9-11H2,1H3,(H,19,21)(H,23,24). The number of hydrogen-bond acceptors (Lipinski definition) is 4. The number of carbonyl (C=O) groups excluding carboxylic acids is 2. The highest BCUT2D eigenvalue weighted by atomic mass is 16.5. The van der Waals surface area contributed by atoms with Gasteiger partial charge in [-0.1, -0.05) is 12.1 Å². The Bertz CT molecular complexity index is 681. The molecule has 1 aliphatic carbocycles. The second kappa shape index (κ2) is 6.74. The van der Waals surface area contributed by atoms with Crippen LogP contribution in [0.2, 0.25) is 0 Å². The van der Waals surface area contributed by atoms with E-state index in [1.54, 1.807) is 12.1 Å². The molecular weight excluding hydrogens is 324 g/mol. The van der Waals surface area contributed by atoms with E-state index < -0.39 is 23.6 Å². The van der Waals surface area contributed by atoms with Crippen LogP contribution < -0.4 is 5.32 Å². The molecule has 0 aromatic heterocycles. The molecule has 2 N–H and O–H groups in total. The molecule has 0 radical (unpaired) electrons. The number of methoxy groups -OCH3 is 1. The normalized spacial score (nSPS) is 21.3. The van der Waals surface area contributed by atoms with Crippen molar-refractivity contribution < 1.29 is 24.2 Å². The van der Waals surface area contributed by atoms with Crippen LogP contribution in [0.15, 0.2) is 24.3 Å². The Kier molecular flexibility index (Phi) is 4.65. The summed E-state index contributed by atoms with van der Waals surface area (Å²) >= 11 is 0. The van der Waals surface area contributed by atoms with Gasteiger partial charge in [-0.3, -0.25) is 9.69 Å². The molecule has 0 bridgehead atoms. The van der Waals surface area contributed by atoms with Crippen LogP contribution in [0.3, 0.4) is 0 Å². The fraction of sp³-hybridized carbons (Fsp3) is 0.500. The number of piperidine rings is 1. The number of hydrogen-bond donors (Lipinski definition) is 2. The Morgan fingerprint density at radius 2 is 1.88 bits per heavy atom. The first-order valence-electron chi connectivity index (χ1n) is 8.47. The van der Waals surface area contributed by atoms with Crippen molar-refractivity contribution in [1.82, 2.24) is 10.2 Å². The Labute approximate surface area is 146 Å². The fourth-order valence-electron chi connectivity index (χ4n) is 3.41. The molecule has 1 heterocycles. The minimum Gasteiger partial charge on any atom is -0.465 e. The van der Waals surface area contributed by atoms with Crippen molar-refractivity contribution in [2.75, 3.05) is 13.7 Å². The van der Waals surface area contributed by atoms with Crippen LogP contribution in [0.4, 0.5) is 4.79 Å². The quantitative estimate of drug-likeness (QED) is 0.814. The zero-order chi connectivity index (χ0) is 18.0. The molecule has 2 amide bonds. The van der Waals surface area contributed by atoms with Gasteiger partial charge in [0.1, 0.15) is 6.04 Å². The van der Waals surface area contributed by atoms with Gasteiger partial charge in [0, 0.05) is 6.54 Å². The first kappa shape index (κ1) is 17.3. The predicted molar refractivity (Wildman–Crippen MR) is 89.2 cm³/mol. The molecule has 1 aromatic carbocycles. The van der Waals surface area contributed by atoms with Crippen molar-refractivity contribution in [3.05, 3.63) is 35.4 Å². The van der Waals surface area contributed by atoms with Gasteiger partial charge in [0.25, 0.3) is 0 Å². The number of carbonyl (C=O) groups is 3. The van der Waals surface area contributed by atoms with Gasteiger partial charge in [0.05, 0.1) is 18.2 Å². The summed E-state index contributed by atoms with van der Waals surface area (Å²) < 4.78 is 4.69. The van der Waals surface area contributed by atoms with Gasteiger partial charge in [-0.05, 0) is 49.8 Å². The van der Waals surface area contributed by atoms with E-state index in [9.17, 15) is 19.5 Å². The second-order valence-electron chi connectivity index (χ2n) is 6.63. The third kappa shape index (κ3) is 3.45. The van der Waals surface area contributed by atoms with Crippen molar-refractivity contribution >= 4 is 18.0 Å². The minimum atomic E-state index is -1.05. The van der Waals surface area contributed by atoms with E-state index in [-0.39, 0.29) is 5.91 Å². The minimum absolute atomic E-state index is 0.239. The molecule has 1 saturated heterocycles. The number of benzene rings is 1. The van der Waals surface area contributed by atoms with Crippen LogP contribution in [0.5, 0.6) is 0 Å². The number of esters is 1. The maximum atomic E-state index is 12.7. The van der Waals surface area contributed by atoms with E-state index in [0.717, 1.165) is 31.2 Å². The lowest BCUT2D eigenvalue weighted by Gasteiger charge is -2.33. The summed E-state index contributed by atoms with van der Waals surface area (Å²) in [4.78, 5) is 36.8. The van der Waals surface area contributed by atoms with Gasteiger partial charge in [0.2, 0.25) is 5.91 Å². The molecule has 2 fully saturated rings. The molecule has 1 unspecified atom stereocenters. The number of amides is 2. The number of nitrogens with one attached hydrogen (secondary N) is 1. The Morgan fingerprint density at radius 1 is 1.20 bits per heavy atom. The van der Waals surface area contributed by atoms with Crippen LogP contribution in [-0.4, -0.2) is 47.7 Å². The summed E-state index contributed by atoms with van der Waals surface area (Å²) in [5, 5.41) is 12.3. The van der Waals surface area contributed by atoms with Crippen molar-refractivity contribution in [2.45, 2.75) is 43.7 Å².